The van der Waals surface area contributed by atoms with Gasteiger partial charge < -0.3 is 5.32 Å². The van der Waals surface area contributed by atoms with Gasteiger partial charge in [-0.15, -0.1) is 0 Å². The van der Waals surface area contributed by atoms with Crippen LogP contribution in [0.2, 0.25) is 0 Å². The predicted octanol–water partition coefficient (Wildman–Crippen LogP) is 4.66. The van der Waals surface area contributed by atoms with E-state index in [0.29, 0.717) is 22.6 Å². The summed E-state index contributed by atoms with van der Waals surface area (Å²) in [7, 11) is 0. The molecule has 5 nitrogen and oxygen atoms in total. The molecule has 6 heteroatoms. The standard InChI is InChI=1S/C25H29N3O2S/c1-18-9-5-6-10-19(18)15-16-26-23(29)17-31-25-27-22-14-8-7-13-21(22)24(30)28(25)20-11-3-2-4-12-20/h5-10,13-14,20H,2-4,11-12,15-17H2,1H3,(H,26,29). The molecule has 31 heavy (non-hydrogen) atoms. The topological polar surface area (TPSA) is 64.0 Å². The number of thioether (sulfide) groups is 1. The van der Waals surface area contributed by atoms with Crippen LogP contribution in [0.1, 0.15) is 49.3 Å². The summed E-state index contributed by atoms with van der Waals surface area (Å²) < 4.78 is 1.85. The molecule has 162 valence electrons. The van der Waals surface area contributed by atoms with Gasteiger partial charge in [0.15, 0.2) is 5.16 Å². The van der Waals surface area contributed by atoms with E-state index in [1.165, 1.54) is 29.3 Å². The summed E-state index contributed by atoms with van der Waals surface area (Å²) in [6.07, 6.45) is 6.29. The van der Waals surface area contributed by atoms with Crippen LogP contribution in [-0.4, -0.2) is 27.8 Å². The number of benzene rings is 2. The number of nitrogens with one attached hydrogen (secondary N) is 1. The Morgan fingerprint density at radius 3 is 2.65 bits per heavy atom. The first-order valence-electron chi connectivity index (χ1n) is 11.1. The van der Waals surface area contributed by atoms with E-state index in [4.69, 9.17) is 4.98 Å². The molecule has 1 N–H and O–H groups in total. The SMILES string of the molecule is Cc1ccccc1CCNC(=O)CSc1nc2ccccc2c(=O)n1C1CCCCC1. The van der Waals surface area contributed by atoms with Crippen LogP contribution >= 0.6 is 11.8 Å². The summed E-state index contributed by atoms with van der Waals surface area (Å²) in [6.45, 7) is 2.69. The summed E-state index contributed by atoms with van der Waals surface area (Å²) in [5.41, 5.74) is 3.20. The number of hydrogen-bond donors (Lipinski definition) is 1. The second-order valence-electron chi connectivity index (χ2n) is 8.19. The Bertz CT molecular complexity index is 1120. The molecule has 1 fully saturated rings. The molecule has 0 aliphatic heterocycles. The van der Waals surface area contributed by atoms with Crippen LogP contribution in [0.4, 0.5) is 0 Å². The zero-order valence-corrected chi connectivity index (χ0v) is 18.8. The number of para-hydroxylation sites is 1. The maximum absolute atomic E-state index is 13.3. The maximum Gasteiger partial charge on any atom is 0.262 e. The third-order valence-electron chi connectivity index (χ3n) is 6.03. The molecule has 1 aliphatic rings. The van der Waals surface area contributed by atoms with Crippen LogP contribution in [0.3, 0.4) is 0 Å². The Hall–Kier alpha value is -2.60. The van der Waals surface area contributed by atoms with Crippen LogP contribution in [0.5, 0.6) is 0 Å². The number of aryl methyl sites for hydroxylation is 1. The van der Waals surface area contributed by atoms with Crippen molar-refractivity contribution in [3.63, 3.8) is 0 Å². The molecule has 0 atom stereocenters. The Balaban J connectivity index is 1.46. The second kappa shape index (κ2) is 10.1. The van der Waals surface area contributed by atoms with Gasteiger partial charge in [-0.2, -0.15) is 0 Å². The predicted molar refractivity (Wildman–Crippen MR) is 127 cm³/mol. The zero-order chi connectivity index (χ0) is 21.6. The molecular weight excluding hydrogens is 406 g/mol. The highest BCUT2D eigenvalue weighted by Crippen LogP contribution is 2.31. The van der Waals surface area contributed by atoms with Gasteiger partial charge in [0, 0.05) is 12.6 Å². The number of carbonyl (C=O) groups excluding carboxylic acids is 1. The van der Waals surface area contributed by atoms with Crippen LogP contribution in [-0.2, 0) is 11.2 Å². The van der Waals surface area contributed by atoms with E-state index in [-0.39, 0.29) is 23.3 Å². The average molecular weight is 436 g/mol. The third-order valence-corrected chi connectivity index (χ3v) is 6.98. The molecular formula is C25H29N3O2S. The lowest BCUT2D eigenvalue weighted by molar-refractivity contribution is -0.118. The molecule has 1 aromatic heterocycles. The normalized spacial score (nSPS) is 14.6. The fourth-order valence-electron chi connectivity index (χ4n) is 4.30. The van der Waals surface area contributed by atoms with E-state index in [9.17, 15) is 9.59 Å². The fraction of sp³-hybridized carbons (Fsp3) is 0.400. The lowest BCUT2D eigenvalue weighted by atomic mass is 9.95. The van der Waals surface area contributed by atoms with Crippen molar-refractivity contribution in [2.75, 3.05) is 12.3 Å². The summed E-state index contributed by atoms with van der Waals surface area (Å²) >= 11 is 1.37. The number of rotatable bonds is 7. The summed E-state index contributed by atoms with van der Waals surface area (Å²) in [6, 6.07) is 15.9. The molecule has 1 aliphatic carbocycles. The van der Waals surface area contributed by atoms with Gasteiger partial charge >= 0.3 is 0 Å². The van der Waals surface area contributed by atoms with Crippen molar-refractivity contribution in [2.24, 2.45) is 0 Å². The van der Waals surface area contributed by atoms with E-state index in [0.717, 1.165) is 32.1 Å². The lowest BCUT2D eigenvalue weighted by Gasteiger charge is -2.26. The Labute approximate surface area is 187 Å². The van der Waals surface area contributed by atoms with Gasteiger partial charge in [0.1, 0.15) is 0 Å². The summed E-state index contributed by atoms with van der Waals surface area (Å²) in [4.78, 5) is 30.5. The van der Waals surface area contributed by atoms with Crippen molar-refractivity contribution in [3.8, 4) is 0 Å². The molecule has 0 unspecified atom stereocenters. The van der Waals surface area contributed by atoms with Crippen molar-refractivity contribution in [2.45, 2.75) is 56.6 Å². The molecule has 1 amide bonds. The molecule has 0 radical (unpaired) electrons. The van der Waals surface area contributed by atoms with Gasteiger partial charge in [0.05, 0.1) is 16.7 Å². The van der Waals surface area contributed by atoms with Gasteiger partial charge in [0.2, 0.25) is 5.91 Å². The largest absolute Gasteiger partial charge is 0.355 e. The zero-order valence-electron chi connectivity index (χ0n) is 18.0. The van der Waals surface area contributed by atoms with Crippen LogP contribution in [0.25, 0.3) is 10.9 Å². The molecule has 0 spiro atoms. The Kier molecular flexibility index (Phi) is 7.07. The van der Waals surface area contributed by atoms with E-state index < -0.39 is 0 Å². The number of carbonyl (C=O) groups is 1. The van der Waals surface area contributed by atoms with Crippen molar-refractivity contribution in [3.05, 3.63) is 70.0 Å². The molecule has 3 aromatic rings. The van der Waals surface area contributed by atoms with E-state index in [1.807, 2.05) is 41.0 Å². The molecule has 2 aromatic carbocycles. The van der Waals surface area contributed by atoms with E-state index >= 15 is 0 Å². The van der Waals surface area contributed by atoms with Crippen molar-refractivity contribution >= 4 is 28.6 Å². The molecule has 1 saturated carbocycles. The minimum absolute atomic E-state index is 0.0139. The van der Waals surface area contributed by atoms with Gasteiger partial charge in [0.25, 0.3) is 5.56 Å². The monoisotopic (exact) mass is 435 g/mol. The average Bonchev–Trinajstić information content (AvgIpc) is 2.80. The van der Waals surface area contributed by atoms with Gasteiger partial charge in [-0.25, -0.2) is 4.98 Å². The quantitative estimate of drug-likeness (QED) is 0.433. The highest BCUT2D eigenvalue weighted by molar-refractivity contribution is 7.99. The van der Waals surface area contributed by atoms with Gasteiger partial charge in [-0.05, 0) is 49.4 Å². The molecule has 4 rings (SSSR count). The summed E-state index contributed by atoms with van der Waals surface area (Å²) in [5, 5.41) is 4.31. The third kappa shape index (κ3) is 5.18. The Morgan fingerprint density at radius 2 is 1.84 bits per heavy atom. The highest BCUT2D eigenvalue weighted by atomic mass is 32.2. The molecule has 0 saturated heterocycles. The first-order valence-corrected chi connectivity index (χ1v) is 12.1. The van der Waals surface area contributed by atoms with Crippen LogP contribution in [0, 0.1) is 6.92 Å². The first kappa shape index (κ1) is 21.6. The van der Waals surface area contributed by atoms with Crippen molar-refractivity contribution in [1.82, 2.24) is 14.9 Å². The van der Waals surface area contributed by atoms with Crippen molar-refractivity contribution in [1.29, 1.82) is 0 Å². The lowest BCUT2D eigenvalue weighted by Crippen LogP contribution is -2.30. The Morgan fingerprint density at radius 1 is 1.10 bits per heavy atom. The minimum atomic E-state index is -0.0313. The van der Waals surface area contributed by atoms with Crippen LogP contribution < -0.4 is 10.9 Å². The number of fused-ring (bicyclic) bond motifs is 1. The van der Waals surface area contributed by atoms with Crippen LogP contribution in [0.15, 0.2) is 58.5 Å². The maximum atomic E-state index is 13.3. The summed E-state index contributed by atoms with van der Waals surface area (Å²) in [5.74, 6) is 0.224. The minimum Gasteiger partial charge on any atom is -0.355 e. The number of nitrogens with zero attached hydrogens (tertiary/aromatic N) is 2. The van der Waals surface area contributed by atoms with Gasteiger partial charge in [-0.1, -0.05) is 67.4 Å². The number of hydrogen-bond acceptors (Lipinski definition) is 4. The molecule has 1 heterocycles. The molecule has 0 bridgehead atoms. The van der Waals surface area contributed by atoms with Gasteiger partial charge in [-0.3, -0.25) is 14.2 Å². The van der Waals surface area contributed by atoms with Crippen molar-refractivity contribution < 1.29 is 4.79 Å². The first-order chi connectivity index (χ1) is 15.1. The van der Waals surface area contributed by atoms with E-state index in [1.54, 1.807) is 0 Å². The number of amides is 1. The smallest absolute Gasteiger partial charge is 0.262 e. The number of aromatic nitrogens is 2. The second-order valence-corrected chi connectivity index (χ2v) is 9.14. The van der Waals surface area contributed by atoms with E-state index in [2.05, 4.69) is 24.4 Å². The fourth-order valence-corrected chi connectivity index (χ4v) is 5.19. The highest BCUT2D eigenvalue weighted by Gasteiger charge is 2.22.